The number of rotatable bonds is 3. The first-order chi connectivity index (χ1) is 7.74. The molecule has 0 radical (unpaired) electrons. The Morgan fingerprint density at radius 2 is 2.25 bits per heavy atom. The van der Waals surface area contributed by atoms with Crippen LogP contribution in [0.1, 0.15) is 53.1 Å². The van der Waals surface area contributed by atoms with Crippen molar-refractivity contribution in [2.45, 2.75) is 38.5 Å². The number of fused-ring (bicyclic) bond motifs is 1. The molecule has 0 fully saturated rings. The molecule has 0 aliphatic heterocycles. The van der Waals surface area contributed by atoms with Gasteiger partial charge in [-0.15, -0.1) is 0 Å². The van der Waals surface area contributed by atoms with E-state index in [1.165, 1.54) is 5.56 Å². The molecule has 2 nitrogen and oxygen atoms in total. The van der Waals surface area contributed by atoms with Gasteiger partial charge in [0.1, 0.15) is 0 Å². The van der Waals surface area contributed by atoms with Gasteiger partial charge in [-0.3, -0.25) is 4.79 Å². The summed E-state index contributed by atoms with van der Waals surface area (Å²) >= 11 is 0. The second kappa shape index (κ2) is 4.79. The lowest BCUT2D eigenvalue weighted by Crippen LogP contribution is -2.17. The smallest absolute Gasteiger partial charge is 0.163 e. The largest absolute Gasteiger partial charge is 0.396 e. The average molecular weight is 218 g/mol. The lowest BCUT2D eigenvalue weighted by Gasteiger charge is -2.25. The van der Waals surface area contributed by atoms with E-state index in [2.05, 4.69) is 6.07 Å². The van der Waals surface area contributed by atoms with E-state index in [-0.39, 0.29) is 12.4 Å². The fourth-order valence-electron chi connectivity index (χ4n) is 2.63. The summed E-state index contributed by atoms with van der Waals surface area (Å²) in [5.74, 6) is 0.744. The first kappa shape index (κ1) is 11.3. The van der Waals surface area contributed by atoms with E-state index in [9.17, 15) is 4.79 Å². The van der Waals surface area contributed by atoms with Crippen LogP contribution in [-0.4, -0.2) is 17.5 Å². The van der Waals surface area contributed by atoms with Gasteiger partial charge in [-0.05, 0) is 43.2 Å². The minimum Gasteiger partial charge on any atom is -0.396 e. The maximum atomic E-state index is 11.9. The number of hydrogen-bond acceptors (Lipinski definition) is 2. The number of Topliss-reactive ketones (excluding diaryl/α,β-unsaturated/α-hetero) is 1. The van der Waals surface area contributed by atoms with Gasteiger partial charge in [0.2, 0.25) is 0 Å². The zero-order chi connectivity index (χ0) is 11.5. The van der Waals surface area contributed by atoms with Gasteiger partial charge in [0, 0.05) is 18.6 Å². The Kier molecular flexibility index (Phi) is 3.39. The van der Waals surface area contributed by atoms with Crippen LogP contribution < -0.4 is 0 Å². The van der Waals surface area contributed by atoms with Crippen LogP contribution in [0.3, 0.4) is 0 Å². The van der Waals surface area contributed by atoms with Crippen molar-refractivity contribution in [1.82, 2.24) is 0 Å². The van der Waals surface area contributed by atoms with Crippen molar-refractivity contribution in [2.24, 2.45) is 0 Å². The standard InChI is InChI=1S/C14H18O2/c1-10-4-2-6-12-11(5-3-9-15)7-8-13(16)14(10)12/h2,4,6,11,15H,3,5,7-9H2,1H3. The molecule has 0 heterocycles. The van der Waals surface area contributed by atoms with Gasteiger partial charge >= 0.3 is 0 Å². The molecule has 0 amide bonds. The van der Waals surface area contributed by atoms with Crippen molar-refractivity contribution < 1.29 is 9.90 Å². The molecule has 1 aliphatic carbocycles. The topological polar surface area (TPSA) is 37.3 Å². The highest BCUT2D eigenvalue weighted by Crippen LogP contribution is 2.35. The van der Waals surface area contributed by atoms with Crippen LogP contribution in [0.4, 0.5) is 0 Å². The van der Waals surface area contributed by atoms with Crippen LogP contribution in [0, 0.1) is 6.92 Å². The average Bonchev–Trinajstić information content (AvgIpc) is 2.28. The molecule has 1 unspecified atom stereocenters. The summed E-state index contributed by atoms with van der Waals surface area (Å²) in [7, 11) is 0. The maximum absolute atomic E-state index is 11.9. The number of aliphatic hydroxyl groups excluding tert-OH is 1. The molecular formula is C14H18O2. The number of hydrogen-bond donors (Lipinski definition) is 1. The third-order valence-corrected chi connectivity index (χ3v) is 3.45. The Labute approximate surface area is 96.3 Å². The van der Waals surface area contributed by atoms with Gasteiger partial charge < -0.3 is 5.11 Å². The van der Waals surface area contributed by atoms with Crippen molar-refractivity contribution in [3.63, 3.8) is 0 Å². The molecule has 1 N–H and O–H groups in total. The molecule has 2 heteroatoms. The molecule has 0 bridgehead atoms. The lowest BCUT2D eigenvalue weighted by molar-refractivity contribution is 0.0965. The van der Waals surface area contributed by atoms with Crippen molar-refractivity contribution >= 4 is 5.78 Å². The van der Waals surface area contributed by atoms with Gasteiger partial charge in [0.25, 0.3) is 0 Å². The molecule has 1 aromatic carbocycles. The van der Waals surface area contributed by atoms with E-state index in [0.29, 0.717) is 12.3 Å². The summed E-state index contributed by atoms with van der Waals surface area (Å²) in [5, 5.41) is 8.88. The number of aryl methyl sites for hydroxylation is 1. The zero-order valence-corrected chi connectivity index (χ0v) is 9.70. The van der Waals surface area contributed by atoms with Crippen LogP contribution >= 0.6 is 0 Å². The van der Waals surface area contributed by atoms with Crippen LogP contribution in [-0.2, 0) is 0 Å². The monoisotopic (exact) mass is 218 g/mol. The quantitative estimate of drug-likeness (QED) is 0.847. The molecule has 1 aliphatic rings. The number of aliphatic hydroxyl groups is 1. The van der Waals surface area contributed by atoms with E-state index in [1.54, 1.807) is 0 Å². The molecule has 2 rings (SSSR count). The van der Waals surface area contributed by atoms with E-state index < -0.39 is 0 Å². The zero-order valence-electron chi connectivity index (χ0n) is 9.70. The Balaban J connectivity index is 2.33. The van der Waals surface area contributed by atoms with Gasteiger partial charge in [0.05, 0.1) is 0 Å². The predicted octanol–water partition coefficient (Wildman–Crippen LogP) is 2.83. The third-order valence-electron chi connectivity index (χ3n) is 3.45. The third kappa shape index (κ3) is 2.03. The van der Waals surface area contributed by atoms with E-state index in [1.807, 2.05) is 19.1 Å². The number of carbonyl (C=O) groups excluding carboxylic acids is 1. The molecule has 0 aromatic heterocycles. The van der Waals surface area contributed by atoms with Crippen LogP contribution in [0.15, 0.2) is 18.2 Å². The molecule has 0 saturated heterocycles. The Hall–Kier alpha value is -1.15. The van der Waals surface area contributed by atoms with Crippen molar-refractivity contribution in [3.05, 3.63) is 34.9 Å². The summed E-state index contributed by atoms with van der Waals surface area (Å²) in [6.45, 7) is 2.25. The van der Waals surface area contributed by atoms with Gasteiger partial charge in [-0.25, -0.2) is 0 Å². The molecule has 86 valence electrons. The molecule has 0 saturated carbocycles. The second-order valence-electron chi connectivity index (χ2n) is 4.56. The normalized spacial score (nSPS) is 19.6. The minimum absolute atomic E-state index is 0.242. The van der Waals surface area contributed by atoms with Crippen molar-refractivity contribution in [3.8, 4) is 0 Å². The highest BCUT2D eigenvalue weighted by molar-refractivity contribution is 6.00. The predicted molar refractivity (Wildman–Crippen MR) is 63.8 cm³/mol. The van der Waals surface area contributed by atoms with Crippen LogP contribution in [0.2, 0.25) is 0 Å². The van der Waals surface area contributed by atoms with Crippen LogP contribution in [0.25, 0.3) is 0 Å². The van der Waals surface area contributed by atoms with Gasteiger partial charge in [0.15, 0.2) is 5.78 Å². The van der Waals surface area contributed by atoms with Crippen molar-refractivity contribution in [1.29, 1.82) is 0 Å². The highest BCUT2D eigenvalue weighted by atomic mass is 16.2. The fourth-order valence-corrected chi connectivity index (χ4v) is 2.63. The minimum atomic E-state index is 0.242. The first-order valence-corrected chi connectivity index (χ1v) is 5.97. The number of benzene rings is 1. The highest BCUT2D eigenvalue weighted by Gasteiger charge is 2.26. The van der Waals surface area contributed by atoms with Crippen LogP contribution in [0.5, 0.6) is 0 Å². The molecule has 1 aromatic rings. The molecule has 1 atom stereocenters. The Morgan fingerprint density at radius 3 is 3.00 bits per heavy atom. The van der Waals surface area contributed by atoms with Gasteiger partial charge in [-0.1, -0.05) is 18.2 Å². The number of ketones is 1. The summed E-state index contributed by atoms with van der Waals surface area (Å²) < 4.78 is 0. The lowest BCUT2D eigenvalue weighted by atomic mass is 9.78. The van der Waals surface area contributed by atoms with E-state index >= 15 is 0 Å². The van der Waals surface area contributed by atoms with E-state index in [0.717, 1.165) is 30.4 Å². The Bertz CT molecular complexity index is 396. The van der Waals surface area contributed by atoms with Gasteiger partial charge in [-0.2, -0.15) is 0 Å². The summed E-state index contributed by atoms with van der Waals surface area (Å²) in [4.78, 5) is 11.9. The molecular weight excluding hydrogens is 200 g/mol. The Morgan fingerprint density at radius 1 is 1.44 bits per heavy atom. The fraction of sp³-hybridized carbons (Fsp3) is 0.500. The number of carbonyl (C=O) groups is 1. The SMILES string of the molecule is Cc1cccc2c1C(=O)CCC2CCCO. The van der Waals surface area contributed by atoms with E-state index in [4.69, 9.17) is 5.11 Å². The first-order valence-electron chi connectivity index (χ1n) is 5.97. The molecule has 0 spiro atoms. The molecule has 16 heavy (non-hydrogen) atoms. The second-order valence-corrected chi connectivity index (χ2v) is 4.56. The maximum Gasteiger partial charge on any atom is 0.163 e. The summed E-state index contributed by atoms with van der Waals surface area (Å²) in [5.41, 5.74) is 3.23. The summed E-state index contributed by atoms with van der Waals surface area (Å²) in [6.07, 6.45) is 3.41. The summed E-state index contributed by atoms with van der Waals surface area (Å²) in [6, 6.07) is 6.10. The van der Waals surface area contributed by atoms with Crippen molar-refractivity contribution in [2.75, 3.05) is 6.61 Å².